The van der Waals surface area contributed by atoms with E-state index >= 15 is 0 Å². The van der Waals surface area contributed by atoms with E-state index in [2.05, 4.69) is 10.6 Å². The molecule has 26 heavy (non-hydrogen) atoms. The normalized spacial score (nSPS) is 12.4. The van der Waals surface area contributed by atoms with Crippen LogP contribution >= 0.6 is 0 Å². The molecule has 2 aromatic carbocycles. The number of amides is 2. The van der Waals surface area contributed by atoms with Crippen LogP contribution in [0, 0.1) is 5.82 Å². The molecule has 0 spiro atoms. The zero-order chi connectivity index (χ0) is 18.5. The number of esters is 1. The quantitative estimate of drug-likeness (QED) is 0.793. The lowest BCUT2D eigenvalue weighted by atomic mass is 10.1. The van der Waals surface area contributed by atoms with Crippen LogP contribution in [-0.4, -0.2) is 31.0 Å². The Hall–Kier alpha value is -3.42. The van der Waals surface area contributed by atoms with Crippen molar-refractivity contribution in [1.29, 1.82) is 0 Å². The van der Waals surface area contributed by atoms with Gasteiger partial charge in [-0.2, -0.15) is 0 Å². The van der Waals surface area contributed by atoms with Crippen molar-refractivity contribution in [3.8, 4) is 5.75 Å². The molecule has 1 aliphatic heterocycles. The van der Waals surface area contributed by atoms with Crippen LogP contribution < -0.4 is 15.4 Å². The van der Waals surface area contributed by atoms with Gasteiger partial charge in [-0.1, -0.05) is 18.2 Å². The van der Waals surface area contributed by atoms with E-state index < -0.39 is 24.3 Å². The summed E-state index contributed by atoms with van der Waals surface area (Å²) in [5.74, 6) is -1.62. The van der Waals surface area contributed by atoms with Crippen molar-refractivity contribution in [1.82, 2.24) is 5.32 Å². The molecule has 0 unspecified atom stereocenters. The molecule has 0 saturated carbocycles. The summed E-state index contributed by atoms with van der Waals surface area (Å²) in [5, 5.41) is 5.08. The van der Waals surface area contributed by atoms with Crippen LogP contribution in [0.4, 0.5) is 10.1 Å². The molecule has 7 nitrogen and oxygen atoms in total. The second kappa shape index (κ2) is 7.64. The smallest absolute Gasteiger partial charge is 0.338 e. The zero-order valence-corrected chi connectivity index (χ0v) is 13.6. The van der Waals surface area contributed by atoms with Gasteiger partial charge in [-0.25, -0.2) is 9.18 Å². The second-order valence-corrected chi connectivity index (χ2v) is 5.49. The highest BCUT2D eigenvalue weighted by molar-refractivity contribution is 5.97. The van der Waals surface area contributed by atoms with Crippen molar-refractivity contribution in [2.75, 3.05) is 18.5 Å². The molecule has 3 rings (SSSR count). The van der Waals surface area contributed by atoms with Crippen LogP contribution in [-0.2, 0) is 20.9 Å². The first-order valence-electron chi connectivity index (χ1n) is 7.77. The van der Waals surface area contributed by atoms with Gasteiger partial charge in [0.1, 0.15) is 11.6 Å². The zero-order valence-electron chi connectivity index (χ0n) is 13.6. The summed E-state index contributed by atoms with van der Waals surface area (Å²) in [4.78, 5) is 35.0. The SMILES string of the molecule is O=C(COC(=O)c1ccc2c(c1)OCC(=O)N2)NCc1ccccc1F. The number of carbonyl (C=O) groups excluding carboxylic acids is 3. The predicted octanol–water partition coefficient (Wildman–Crippen LogP) is 1.63. The molecule has 0 atom stereocenters. The second-order valence-electron chi connectivity index (χ2n) is 5.49. The van der Waals surface area contributed by atoms with Crippen molar-refractivity contribution in [3.05, 3.63) is 59.4 Å². The Morgan fingerprint density at radius 1 is 1.23 bits per heavy atom. The molecule has 2 N–H and O–H groups in total. The Morgan fingerprint density at radius 3 is 2.85 bits per heavy atom. The minimum absolute atomic E-state index is 0.00452. The first-order chi connectivity index (χ1) is 12.5. The Balaban J connectivity index is 1.51. The van der Waals surface area contributed by atoms with E-state index in [0.717, 1.165) is 0 Å². The molecule has 1 aliphatic rings. The van der Waals surface area contributed by atoms with Crippen LogP contribution in [0.2, 0.25) is 0 Å². The van der Waals surface area contributed by atoms with E-state index in [1.807, 2.05) is 0 Å². The first-order valence-corrected chi connectivity index (χ1v) is 7.77. The van der Waals surface area contributed by atoms with E-state index in [0.29, 0.717) is 17.0 Å². The fraction of sp³-hybridized carbons (Fsp3) is 0.167. The number of ether oxygens (including phenoxy) is 2. The van der Waals surface area contributed by atoms with E-state index in [1.165, 1.54) is 24.3 Å². The maximum Gasteiger partial charge on any atom is 0.338 e. The summed E-state index contributed by atoms with van der Waals surface area (Å²) < 4.78 is 23.6. The first kappa shape index (κ1) is 17.4. The number of fused-ring (bicyclic) bond motifs is 1. The third-order valence-corrected chi connectivity index (χ3v) is 3.62. The number of nitrogens with one attached hydrogen (secondary N) is 2. The molecule has 2 aromatic rings. The Morgan fingerprint density at radius 2 is 2.04 bits per heavy atom. The molecule has 2 amide bonds. The highest BCUT2D eigenvalue weighted by atomic mass is 19.1. The van der Waals surface area contributed by atoms with Crippen molar-refractivity contribution in [2.45, 2.75) is 6.54 Å². The highest BCUT2D eigenvalue weighted by Crippen LogP contribution is 2.28. The molecule has 0 radical (unpaired) electrons. The molecule has 0 fully saturated rings. The topological polar surface area (TPSA) is 93.7 Å². The van der Waals surface area contributed by atoms with Gasteiger partial charge in [-0.3, -0.25) is 9.59 Å². The average molecular weight is 358 g/mol. The third-order valence-electron chi connectivity index (χ3n) is 3.62. The highest BCUT2D eigenvalue weighted by Gasteiger charge is 2.19. The fourth-order valence-corrected chi connectivity index (χ4v) is 2.30. The van der Waals surface area contributed by atoms with E-state index in [-0.39, 0.29) is 24.6 Å². The monoisotopic (exact) mass is 358 g/mol. The molecule has 0 aromatic heterocycles. The minimum atomic E-state index is -0.714. The summed E-state index contributed by atoms with van der Waals surface area (Å²) in [7, 11) is 0. The number of benzene rings is 2. The van der Waals surface area contributed by atoms with Gasteiger partial charge in [0.15, 0.2) is 13.2 Å². The number of hydrogen-bond donors (Lipinski definition) is 2. The number of halogens is 1. The van der Waals surface area contributed by atoms with E-state index in [9.17, 15) is 18.8 Å². The fourth-order valence-electron chi connectivity index (χ4n) is 2.30. The summed E-state index contributed by atoms with van der Waals surface area (Å²) in [6.07, 6.45) is 0. The van der Waals surface area contributed by atoms with Gasteiger partial charge in [-0.15, -0.1) is 0 Å². The van der Waals surface area contributed by atoms with Crippen molar-refractivity contribution in [3.63, 3.8) is 0 Å². The molecular weight excluding hydrogens is 343 g/mol. The number of hydrogen-bond acceptors (Lipinski definition) is 5. The third kappa shape index (κ3) is 4.15. The van der Waals surface area contributed by atoms with Crippen LogP contribution in [0.15, 0.2) is 42.5 Å². The molecule has 0 bridgehead atoms. The van der Waals surface area contributed by atoms with E-state index in [4.69, 9.17) is 9.47 Å². The van der Waals surface area contributed by atoms with Gasteiger partial charge in [0.2, 0.25) is 0 Å². The average Bonchev–Trinajstić information content (AvgIpc) is 2.65. The number of anilines is 1. The predicted molar refractivity (Wildman–Crippen MR) is 89.1 cm³/mol. The van der Waals surface area contributed by atoms with Crippen molar-refractivity contribution >= 4 is 23.5 Å². The Labute approximate surface area is 148 Å². The molecular formula is C18H15FN2O5. The maximum absolute atomic E-state index is 13.5. The van der Waals surface area contributed by atoms with Gasteiger partial charge in [0, 0.05) is 12.1 Å². The lowest BCUT2D eigenvalue weighted by Crippen LogP contribution is -2.29. The molecule has 1 heterocycles. The molecule has 0 saturated heterocycles. The summed E-state index contributed by atoms with van der Waals surface area (Å²) in [5.41, 5.74) is 0.975. The largest absolute Gasteiger partial charge is 0.482 e. The van der Waals surface area contributed by atoms with Gasteiger partial charge in [0.05, 0.1) is 11.3 Å². The summed E-state index contributed by atoms with van der Waals surface area (Å²) >= 11 is 0. The van der Waals surface area contributed by atoms with Crippen LogP contribution in [0.5, 0.6) is 5.75 Å². The van der Waals surface area contributed by atoms with Crippen LogP contribution in [0.3, 0.4) is 0 Å². The summed E-state index contributed by atoms with van der Waals surface area (Å²) in [6, 6.07) is 10.4. The van der Waals surface area contributed by atoms with Crippen LogP contribution in [0.25, 0.3) is 0 Å². The lowest BCUT2D eigenvalue weighted by molar-refractivity contribution is -0.124. The number of rotatable bonds is 5. The lowest BCUT2D eigenvalue weighted by Gasteiger charge is -2.18. The number of carbonyl (C=O) groups is 3. The Kier molecular flexibility index (Phi) is 5.12. The van der Waals surface area contributed by atoms with Gasteiger partial charge < -0.3 is 20.1 Å². The molecule has 0 aliphatic carbocycles. The van der Waals surface area contributed by atoms with Gasteiger partial charge in [0.25, 0.3) is 11.8 Å². The Bertz CT molecular complexity index is 868. The van der Waals surface area contributed by atoms with Gasteiger partial charge in [-0.05, 0) is 24.3 Å². The maximum atomic E-state index is 13.5. The van der Waals surface area contributed by atoms with Crippen molar-refractivity contribution in [2.24, 2.45) is 0 Å². The molecule has 134 valence electrons. The van der Waals surface area contributed by atoms with Crippen LogP contribution in [0.1, 0.15) is 15.9 Å². The molecule has 8 heteroatoms. The van der Waals surface area contributed by atoms with Gasteiger partial charge >= 0.3 is 5.97 Å². The minimum Gasteiger partial charge on any atom is -0.482 e. The standard InChI is InChI=1S/C18H15FN2O5/c19-13-4-2-1-3-12(13)8-20-16(22)9-26-18(24)11-5-6-14-15(7-11)25-10-17(23)21-14/h1-7H,8-10H2,(H,20,22)(H,21,23). The summed E-state index contributed by atoms with van der Waals surface area (Å²) in [6.45, 7) is -0.638. The van der Waals surface area contributed by atoms with E-state index in [1.54, 1.807) is 18.2 Å². The van der Waals surface area contributed by atoms with Crippen molar-refractivity contribution < 1.29 is 28.2 Å².